The Kier molecular flexibility index (Phi) is 5.67. The van der Waals surface area contributed by atoms with Crippen molar-refractivity contribution in [1.82, 2.24) is 5.32 Å². The van der Waals surface area contributed by atoms with E-state index in [1.54, 1.807) is 0 Å². The largest absolute Gasteiger partial charge is 0.491 e. The zero-order valence-corrected chi connectivity index (χ0v) is 11.8. The van der Waals surface area contributed by atoms with E-state index in [1.807, 2.05) is 31.2 Å². The molecule has 0 radical (unpaired) electrons. The van der Waals surface area contributed by atoms with Gasteiger partial charge in [0.1, 0.15) is 18.5 Å². The highest BCUT2D eigenvalue weighted by molar-refractivity contribution is 5.31. The normalized spacial score (nSPS) is 18.2. The lowest BCUT2D eigenvalue weighted by Crippen LogP contribution is -2.39. The number of ether oxygens (including phenoxy) is 1. The molecule has 1 aromatic rings. The maximum Gasteiger partial charge on any atom is 0.122 e. The van der Waals surface area contributed by atoms with Gasteiger partial charge in [0, 0.05) is 12.6 Å². The first-order valence-corrected chi connectivity index (χ1v) is 7.35. The molecule has 0 heterocycles. The summed E-state index contributed by atoms with van der Waals surface area (Å²) < 4.78 is 5.65. The molecule has 0 bridgehead atoms. The van der Waals surface area contributed by atoms with E-state index in [0.29, 0.717) is 19.2 Å². The number of rotatable bonds is 6. The first-order chi connectivity index (χ1) is 9.25. The van der Waals surface area contributed by atoms with Crippen LogP contribution < -0.4 is 10.1 Å². The van der Waals surface area contributed by atoms with Crippen LogP contribution in [0.15, 0.2) is 24.3 Å². The Morgan fingerprint density at radius 2 is 2.00 bits per heavy atom. The fourth-order valence-electron chi connectivity index (χ4n) is 2.57. The third kappa shape index (κ3) is 4.84. The highest BCUT2D eigenvalue weighted by Crippen LogP contribution is 2.18. The molecule has 1 aliphatic rings. The van der Waals surface area contributed by atoms with Crippen LogP contribution in [0, 0.1) is 6.92 Å². The minimum absolute atomic E-state index is 0.352. The molecule has 1 fully saturated rings. The lowest BCUT2D eigenvalue weighted by Gasteiger charge is -2.24. The van der Waals surface area contributed by atoms with Crippen molar-refractivity contribution < 1.29 is 9.84 Å². The van der Waals surface area contributed by atoms with E-state index < -0.39 is 6.10 Å². The highest BCUT2D eigenvalue weighted by Gasteiger charge is 2.14. The summed E-state index contributed by atoms with van der Waals surface area (Å²) in [7, 11) is 0. The Hall–Kier alpha value is -1.06. The molecular formula is C16H25NO2. The molecule has 106 valence electrons. The summed E-state index contributed by atoms with van der Waals surface area (Å²) in [6, 6.07) is 8.48. The number of hydrogen-bond donors (Lipinski definition) is 2. The molecular weight excluding hydrogens is 238 g/mol. The van der Waals surface area contributed by atoms with Crippen LogP contribution in [0.3, 0.4) is 0 Å². The Balaban J connectivity index is 1.66. The van der Waals surface area contributed by atoms with Crippen LogP contribution in [0.25, 0.3) is 0 Å². The molecule has 3 nitrogen and oxygen atoms in total. The van der Waals surface area contributed by atoms with Gasteiger partial charge in [0.05, 0.1) is 0 Å². The molecule has 0 aromatic heterocycles. The summed E-state index contributed by atoms with van der Waals surface area (Å²) >= 11 is 0. The Morgan fingerprint density at radius 3 is 2.74 bits per heavy atom. The smallest absolute Gasteiger partial charge is 0.122 e. The summed E-state index contributed by atoms with van der Waals surface area (Å²) in [5.74, 6) is 0.860. The van der Waals surface area contributed by atoms with Crippen LogP contribution >= 0.6 is 0 Å². The lowest BCUT2D eigenvalue weighted by atomic mass is 9.95. The van der Waals surface area contributed by atoms with Gasteiger partial charge in [0.25, 0.3) is 0 Å². The first-order valence-electron chi connectivity index (χ1n) is 7.35. The zero-order chi connectivity index (χ0) is 13.5. The van der Waals surface area contributed by atoms with Gasteiger partial charge in [-0.3, -0.25) is 0 Å². The van der Waals surface area contributed by atoms with E-state index in [9.17, 15) is 5.11 Å². The van der Waals surface area contributed by atoms with Crippen molar-refractivity contribution in [1.29, 1.82) is 0 Å². The molecule has 1 saturated carbocycles. The molecule has 2 N–H and O–H groups in total. The van der Waals surface area contributed by atoms with E-state index in [-0.39, 0.29) is 0 Å². The van der Waals surface area contributed by atoms with Gasteiger partial charge in [0.2, 0.25) is 0 Å². The van der Waals surface area contributed by atoms with Gasteiger partial charge >= 0.3 is 0 Å². The van der Waals surface area contributed by atoms with Crippen LogP contribution in [0.4, 0.5) is 0 Å². The van der Waals surface area contributed by atoms with Crippen molar-refractivity contribution in [3.8, 4) is 5.75 Å². The highest BCUT2D eigenvalue weighted by atomic mass is 16.5. The second kappa shape index (κ2) is 7.51. The van der Waals surface area contributed by atoms with Crippen molar-refractivity contribution in [2.24, 2.45) is 0 Å². The van der Waals surface area contributed by atoms with E-state index in [1.165, 1.54) is 32.1 Å². The fourth-order valence-corrected chi connectivity index (χ4v) is 2.57. The first kappa shape index (κ1) is 14.4. The minimum Gasteiger partial charge on any atom is -0.491 e. The standard InChI is InChI=1S/C16H25NO2/c1-13-7-5-6-10-16(13)19-12-15(18)11-17-14-8-3-2-4-9-14/h5-7,10,14-15,17-18H,2-4,8-9,11-12H2,1H3. The summed E-state index contributed by atoms with van der Waals surface area (Å²) in [5, 5.41) is 13.4. The third-order valence-electron chi connectivity index (χ3n) is 3.77. The zero-order valence-electron chi connectivity index (χ0n) is 11.8. The van der Waals surface area contributed by atoms with Crippen molar-refractivity contribution in [3.05, 3.63) is 29.8 Å². The topological polar surface area (TPSA) is 41.5 Å². The van der Waals surface area contributed by atoms with Crippen LogP contribution in [-0.2, 0) is 0 Å². The Labute approximate surface area is 116 Å². The van der Waals surface area contributed by atoms with Crippen LogP contribution in [0.2, 0.25) is 0 Å². The number of nitrogens with one attached hydrogen (secondary N) is 1. The molecule has 0 amide bonds. The molecule has 0 spiro atoms. The van der Waals surface area contributed by atoms with Crippen LogP contribution in [-0.4, -0.2) is 30.4 Å². The predicted molar refractivity (Wildman–Crippen MR) is 77.6 cm³/mol. The Bertz CT molecular complexity index is 375. The van der Waals surface area contributed by atoms with Gasteiger partial charge in [0.15, 0.2) is 0 Å². The van der Waals surface area contributed by atoms with Crippen molar-refractivity contribution >= 4 is 0 Å². The van der Waals surface area contributed by atoms with E-state index in [2.05, 4.69) is 5.32 Å². The SMILES string of the molecule is Cc1ccccc1OCC(O)CNC1CCCCC1. The molecule has 1 aliphatic carbocycles. The van der Waals surface area contributed by atoms with Crippen molar-refractivity contribution in [2.45, 2.75) is 51.2 Å². The van der Waals surface area contributed by atoms with Gasteiger partial charge < -0.3 is 15.2 Å². The van der Waals surface area contributed by atoms with Crippen LogP contribution in [0.1, 0.15) is 37.7 Å². The fraction of sp³-hybridized carbons (Fsp3) is 0.625. The monoisotopic (exact) mass is 263 g/mol. The van der Waals surface area contributed by atoms with Gasteiger partial charge in [-0.2, -0.15) is 0 Å². The number of aliphatic hydroxyl groups is 1. The number of para-hydroxylation sites is 1. The second-order valence-electron chi connectivity index (χ2n) is 5.47. The molecule has 2 rings (SSSR count). The van der Waals surface area contributed by atoms with Crippen LogP contribution in [0.5, 0.6) is 5.75 Å². The third-order valence-corrected chi connectivity index (χ3v) is 3.77. The Morgan fingerprint density at radius 1 is 1.26 bits per heavy atom. The molecule has 1 aromatic carbocycles. The molecule has 19 heavy (non-hydrogen) atoms. The summed E-state index contributed by atoms with van der Waals surface area (Å²) in [6.07, 6.45) is 6.02. The van der Waals surface area contributed by atoms with E-state index >= 15 is 0 Å². The summed E-state index contributed by atoms with van der Waals surface area (Å²) in [5.41, 5.74) is 1.11. The second-order valence-corrected chi connectivity index (χ2v) is 5.47. The average molecular weight is 263 g/mol. The molecule has 0 aliphatic heterocycles. The number of benzene rings is 1. The summed E-state index contributed by atoms with van der Waals surface area (Å²) in [4.78, 5) is 0. The average Bonchev–Trinajstić information content (AvgIpc) is 2.45. The maximum atomic E-state index is 9.94. The quantitative estimate of drug-likeness (QED) is 0.829. The summed E-state index contributed by atoms with van der Waals surface area (Å²) in [6.45, 7) is 2.99. The predicted octanol–water partition coefficient (Wildman–Crippen LogP) is 2.66. The van der Waals surface area contributed by atoms with Gasteiger partial charge in [-0.15, -0.1) is 0 Å². The molecule has 0 saturated heterocycles. The van der Waals surface area contributed by atoms with Gasteiger partial charge in [-0.05, 0) is 31.4 Å². The number of hydrogen-bond acceptors (Lipinski definition) is 3. The number of aryl methyl sites for hydroxylation is 1. The maximum absolute atomic E-state index is 9.94. The number of aliphatic hydroxyl groups excluding tert-OH is 1. The molecule has 1 unspecified atom stereocenters. The van der Waals surface area contributed by atoms with E-state index in [4.69, 9.17) is 4.74 Å². The van der Waals surface area contributed by atoms with Gasteiger partial charge in [-0.1, -0.05) is 37.5 Å². The van der Waals surface area contributed by atoms with E-state index in [0.717, 1.165) is 11.3 Å². The van der Waals surface area contributed by atoms with Gasteiger partial charge in [-0.25, -0.2) is 0 Å². The molecule has 1 atom stereocenters. The van der Waals surface area contributed by atoms with Crippen molar-refractivity contribution in [2.75, 3.05) is 13.2 Å². The molecule has 3 heteroatoms. The minimum atomic E-state index is -0.443. The lowest BCUT2D eigenvalue weighted by molar-refractivity contribution is 0.101. The van der Waals surface area contributed by atoms with Crippen molar-refractivity contribution in [3.63, 3.8) is 0 Å².